The van der Waals surface area contributed by atoms with E-state index in [4.69, 9.17) is 16.3 Å². The van der Waals surface area contributed by atoms with Gasteiger partial charge in [-0.3, -0.25) is 4.68 Å². The van der Waals surface area contributed by atoms with Crippen LogP contribution in [0.4, 0.5) is 0 Å². The molecule has 0 amide bonds. The molecule has 2 rings (SSSR count). The second kappa shape index (κ2) is 4.32. The Bertz CT molecular complexity index is 300. The van der Waals surface area contributed by atoms with Crippen molar-refractivity contribution in [2.45, 2.75) is 18.9 Å². The summed E-state index contributed by atoms with van der Waals surface area (Å²) in [7, 11) is 1.94. The summed E-state index contributed by atoms with van der Waals surface area (Å²) < 4.78 is 7.63. The maximum Gasteiger partial charge on any atom is 0.103 e. The van der Waals surface area contributed by atoms with E-state index in [-0.39, 0.29) is 6.10 Å². The summed E-state index contributed by atoms with van der Waals surface area (Å²) in [5.74, 6) is 1.09. The second-order valence-corrected chi connectivity index (χ2v) is 4.04. The lowest BCUT2D eigenvalue weighted by Crippen LogP contribution is -2.25. The van der Waals surface area contributed by atoms with Gasteiger partial charge >= 0.3 is 0 Å². The first-order chi connectivity index (χ1) is 6.83. The van der Waals surface area contributed by atoms with Gasteiger partial charge in [0.25, 0.3) is 0 Å². The van der Waals surface area contributed by atoms with Crippen molar-refractivity contribution in [1.29, 1.82) is 0 Å². The van der Waals surface area contributed by atoms with Gasteiger partial charge < -0.3 is 4.74 Å². The summed E-state index contributed by atoms with van der Waals surface area (Å²) >= 11 is 5.93. The van der Waals surface area contributed by atoms with Gasteiger partial charge in [0.2, 0.25) is 0 Å². The van der Waals surface area contributed by atoms with Crippen LogP contribution in [0.5, 0.6) is 0 Å². The van der Waals surface area contributed by atoms with Crippen LogP contribution < -0.4 is 0 Å². The number of nitrogens with zero attached hydrogens (tertiary/aromatic N) is 2. The molecule has 78 valence electrons. The van der Waals surface area contributed by atoms with E-state index in [1.54, 1.807) is 6.20 Å². The molecule has 0 N–H and O–H groups in total. The highest BCUT2D eigenvalue weighted by Crippen LogP contribution is 2.33. The second-order valence-electron chi connectivity index (χ2n) is 3.73. The van der Waals surface area contributed by atoms with Crippen LogP contribution in [-0.2, 0) is 11.8 Å². The summed E-state index contributed by atoms with van der Waals surface area (Å²) in [5, 5.41) is 4.15. The molecule has 0 aromatic carbocycles. The van der Waals surface area contributed by atoms with Crippen LogP contribution in [0.2, 0.25) is 0 Å². The maximum atomic E-state index is 5.93. The Labute approximate surface area is 89.0 Å². The fraction of sp³-hybridized carbons (Fsp3) is 0.700. The van der Waals surface area contributed by atoms with Gasteiger partial charge in [0.15, 0.2) is 0 Å². The number of hydrogen-bond acceptors (Lipinski definition) is 2. The molecular formula is C10H15ClN2O. The molecule has 0 saturated carbocycles. The molecule has 2 unspecified atom stereocenters. The van der Waals surface area contributed by atoms with Gasteiger partial charge in [-0.1, -0.05) is 0 Å². The van der Waals surface area contributed by atoms with Crippen LogP contribution >= 0.6 is 11.6 Å². The Morgan fingerprint density at radius 3 is 3.21 bits per heavy atom. The third-order valence-electron chi connectivity index (χ3n) is 2.79. The number of ether oxygens (including phenoxy) is 1. The van der Waals surface area contributed by atoms with Crippen LogP contribution in [0.15, 0.2) is 12.3 Å². The average Bonchev–Trinajstić information content (AvgIpc) is 2.64. The summed E-state index contributed by atoms with van der Waals surface area (Å²) in [6, 6.07) is 2.01. The Morgan fingerprint density at radius 1 is 1.71 bits per heavy atom. The standard InChI is InChI=1S/C10H15ClN2O/c1-13-9(4-5-12-13)10-8(7-11)3-2-6-14-10/h4-5,8,10H,2-3,6-7H2,1H3. The molecule has 2 atom stereocenters. The summed E-state index contributed by atoms with van der Waals surface area (Å²) in [6.45, 7) is 0.837. The number of hydrogen-bond donors (Lipinski definition) is 0. The first kappa shape index (κ1) is 9.99. The summed E-state index contributed by atoms with van der Waals surface area (Å²) in [5.41, 5.74) is 1.13. The minimum atomic E-state index is 0.133. The van der Waals surface area contributed by atoms with E-state index >= 15 is 0 Å². The van der Waals surface area contributed by atoms with Crippen molar-refractivity contribution in [1.82, 2.24) is 9.78 Å². The molecule has 1 aromatic rings. The first-order valence-electron chi connectivity index (χ1n) is 4.98. The SMILES string of the molecule is Cn1nccc1C1OCCCC1CCl. The van der Waals surface area contributed by atoms with Crippen molar-refractivity contribution in [2.75, 3.05) is 12.5 Å². The number of aryl methyl sites for hydroxylation is 1. The molecule has 0 spiro atoms. The molecule has 4 heteroatoms. The monoisotopic (exact) mass is 214 g/mol. The van der Waals surface area contributed by atoms with Crippen molar-refractivity contribution in [3.05, 3.63) is 18.0 Å². The van der Waals surface area contributed by atoms with Crippen LogP contribution in [0.3, 0.4) is 0 Å². The van der Waals surface area contributed by atoms with Gasteiger partial charge in [-0.25, -0.2) is 0 Å². The zero-order valence-corrected chi connectivity index (χ0v) is 9.07. The molecule has 3 nitrogen and oxygen atoms in total. The van der Waals surface area contributed by atoms with Gasteiger partial charge in [-0.15, -0.1) is 11.6 Å². The largest absolute Gasteiger partial charge is 0.372 e. The topological polar surface area (TPSA) is 27.1 Å². The first-order valence-corrected chi connectivity index (χ1v) is 5.52. The molecule has 0 aliphatic carbocycles. The van der Waals surface area contributed by atoms with E-state index in [0.29, 0.717) is 11.8 Å². The molecule has 14 heavy (non-hydrogen) atoms. The van der Waals surface area contributed by atoms with Gasteiger partial charge in [0.1, 0.15) is 6.10 Å². The number of halogens is 1. The molecule has 1 aromatic heterocycles. The molecule has 1 saturated heterocycles. The van der Waals surface area contributed by atoms with E-state index in [2.05, 4.69) is 5.10 Å². The minimum absolute atomic E-state index is 0.133. The van der Waals surface area contributed by atoms with Crippen molar-refractivity contribution in [3.8, 4) is 0 Å². The molecule has 1 aliphatic heterocycles. The number of rotatable bonds is 2. The van der Waals surface area contributed by atoms with E-state index in [1.807, 2.05) is 17.8 Å². The highest BCUT2D eigenvalue weighted by molar-refractivity contribution is 6.18. The van der Waals surface area contributed by atoms with Crippen LogP contribution in [0, 0.1) is 5.92 Å². The lowest BCUT2D eigenvalue weighted by atomic mass is 9.94. The van der Waals surface area contributed by atoms with E-state index in [9.17, 15) is 0 Å². The van der Waals surface area contributed by atoms with Gasteiger partial charge in [-0.05, 0) is 18.9 Å². The van der Waals surface area contributed by atoms with Crippen LogP contribution in [0.25, 0.3) is 0 Å². The third kappa shape index (κ3) is 1.79. The Morgan fingerprint density at radius 2 is 2.57 bits per heavy atom. The number of aromatic nitrogens is 2. The summed E-state index contributed by atoms with van der Waals surface area (Å²) in [6.07, 6.45) is 4.21. The lowest BCUT2D eigenvalue weighted by molar-refractivity contribution is -0.0254. The molecule has 1 fully saturated rings. The Kier molecular flexibility index (Phi) is 3.08. The fourth-order valence-corrected chi connectivity index (χ4v) is 2.31. The maximum absolute atomic E-state index is 5.93. The normalized spacial score (nSPS) is 27.9. The van der Waals surface area contributed by atoms with Gasteiger partial charge in [0.05, 0.1) is 5.69 Å². The molecular weight excluding hydrogens is 200 g/mol. The lowest BCUT2D eigenvalue weighted by Gasteiger charge is -2.30. The molecule has 1 aliphatic rings. The molecule has 2 heterocycles. The smallest absolute Gasteiger partial charge is 0.103 e. The Hall–Kier alpha value is -0.540. The predicted octanol–water partition coefficient (Wildman–Crippen LogP) is 2.13. The van der Waals surface area contributed by atoms with Crippen molar-refractivity contribution >= 4 is 11.6 Å². The van der Waals surface area contributed by atoms with E-state index < -0.39 is 0 Å². The predicted molar refractivity (Wildman–Crippen MR) is 55.3 cm³/mol. The fourth-order valence-electron chi connectivity index (χ4n) is 1.99. The number of alkyl halides is 1. The van der Waals surface area contributed by atoms with Crippen LogP contribution in [-0.4, -0.2) is 22.3 Å². The van der Waals surface area contributed by atoms with E-state index in [0.717, 1.165) is 25.1 Å². The van der Waals surface area contributed by atoms with Gasteiger partial charge in [0, 0.05) is 31.6 Å². The molecule has 0 bridgehead atoms. The Balaban J connectivity index is 2.19. The quantitative estimate of drug-likeness (QED) is 0.706. The van der Waals surface area contributed by atoms with E-state index in [1.165, 1.54) is 0 Å². The van der Waals surface area contributed by atoms with Crippen molar-refractivity contribution < 1.29 is 4.74 Å². The van der Waals surface area contributed by atoms with Crippen molar-refractivity contribution in [2.24, 2.45) is 13.0 Å². The molecule has 0 radical (unpaired) electrons. The minimum Gasteiger partial charge on any atom is -0.372 e. The average molecular weight is 215 g/mol. The zero-order chi connectivity index (χ0) is 9.97. The highest BCUT2D eigenvalue weighted by Gasteiger charge is 2.28. The third-order valence-corrected chi connectivity index (χ3v) is 3.19. The van der Waals surface area contributed by atoms with Crippen molar-refractivity contribution in [3.63, 3.8) is 0 Å². The highest BCUT2D eigenvalue weighted by atomic mass is 35.5. The summed E-state index contributed by atoms with van der Waals surface area (Å²) in [4.78, 5) is 0. The zero-order valence-electron chi connectivity index (χ0n) is 8.32. The van der Waals surface area contributed by atoms with Crippen LogP contribution in [0.1, 0.15) is 24.6 Å². The van der Waals surface area contributed by atoms with Gasteiger partial charge in [-0.2, -0.15) is 5.10 Å².